The van der Waals surface area contributed by atoms with E-state index in [9.17, 15) is 0 Å². The van der Waals surface area contributed by atoms with Crippen LogP contribution in [0.25, 0.3) is 22.4 Å². The lowest BCUT2D eigenvalue weighted by Crippen LogP contribution is -2.44. The van der Waals surface area contributed by atoms with Gasteiger partial charge in [0.25, 0.3) is 0 Å². The predicted molar refractivity (Wildman–Crippen MR) is 110 cm³/mol. The summed E-state index contributed by atoms with van der Waals surface area (Å²) in [6.45, 7) is 9.26. The maximum absolute atomic E-state index is 5.61. The minimum atomic E-state index is -0.235. The van der Waals surface area contributed by atoms with Crippen LogP contribution in [0.3, 0.4) is 0 Å². The zero-order valence-corrected chi connectivity index (χ0v) is 16.9. The fraction of sp³-hybridized carbons (Fsp3) is 0.476. The Balaban J connectivity index is 1.88. The second-order valence-electron chi connectivity index (χ2n) is 7.97. The van der Waals surface area contributed by atoms with Crippen LogP contribution in [0.2, 0.25) is 0 Å². The number of hydrogen-bond donors (Lipinski definition) is 1. The Morgan fingerprint density at radius 2 is 2.18 bits per heavy atom. The molecule has 1 aliphatic heterocycles. The number of fused-ring (bicyclic) bond motifs is 1. The van der Waals surface area contributed by atoms with Gasteiger partial charge in [0.2, 0.25) is 0 Å². The fourth-order valence-electron chi connectivity index (χ4n) is 3.71. The summed E-state index contributed by atoms with van der Waals surface area (Å²) in [6, 6.07) is 6.36. The van der Waals surface area contributed by atoms with Gasteiger partial charge in [-0.05, 0) is 19.1 Å². The average molecular weight is 381 g/mol. The van der Waals surface area contributed by atoms with Crippen LogP contribution in [-0.4, -0.2) is 59.5 Å². The Hall–Kier alpha value is -2.51. The van der Waals surface area contributed by atoms with Crippen LogP contribution in [0.15, 0.2) is 30.6 Å². The number of hydrogen-bond acceptors (Lipinski definition) is 6. The summed E-state index contributed by atoms with van der Waals surface area (Å²) in [4.78, 5) is 19.8. The van der Waals surface area contributed by atoms with E-state index in [0.717, 1.165) is 34.7 Å². The molecule has 0 bridgehead atoms. The molecule has 0 saturated carbocycles. The van der Waals surface area contributed by atoms with E-state index in [4.69, 9.17) is 19.4 Å². The molecular formula is C21H27N5O2. The largest absolute Gasteiger partial charge is 0.384 e. The molecule has 1 fully saturated rings. The molecule has 0 unspecified atom stereocenters. The molecule has 0 aromatic carbocycles. The summed E-state index contributed by atoms with van der Waals surface area (Å²) in [5.41, 5.74) is 2.54. The van der Waals surface area contributed by atoms with Crippen LogP contribution < -0.4 is 4.90 Å². The second-order valence-corrected chi connectivity index (χ2v) is 7.97. The minimum Gasteiger partial charge on any atom is -0.384 e. The van der Waals surface area contributed by atoms with Crippen molar-refractivity contribution in [2.75, 3.05) is 38.4 Å². The van der Waals surface area contributed by atoms with Gasteiger partial charge in [-0.25, -0.2) is 15.0 Å². The monoisotopic (exact) mass is 381 g/mol. The highest BCUT2D eigenvalue weighted by atomic mass is 16.5. The van der Waals surface area contributed by atoms with E-state index >= 15 is 0 Å². The Morgan fingerprint density at radius 3 is 2.96 bits per heavy atom. The zero-order chi connectivity index (χ0) is 19.7. The van der Waals surface area contributed by atoms with Crippen molar-refractivity contribution < 1.29 is 9.47 Å². The molecule has 1 saturated heterocycles. The number of anilines is 1. The van der Waals surface area contributed by atoms with Gasteiger partial charge in [-0.3, -0.25) is 0 Å². The van der Waals surface area contributed by atoms with Gasteiger partial charge < -0.3 is 19.4 Å². The molecule has 3 aromatic heterocycles. The number of aromatic amines is 1. The van der Waals surface area contributed by atoms with Crippen LogP contribution in [0.5, 0.6) is 0 Å². The smallest absolute Gasteiger partial charge is 0.162 e. The maximum atomic E-state index is 5.61. The average Bonchev–Trinajstić information content (AvgIpc) is 3.17. The zero-order valence-electron chi connectivity index (χ0n) is 16.9. The normalized spacial score (nSPS) is 18.0. The van der Waals surface area contributed by atoms with E-state index in [2.05, 4.69) is 41.7 Å². The third-order valence-corrected chi connectivity index (χ3v) is 5.27. The molecule has 7 nitrogen and oxygen atoms in total. The molecule has 0 radical (unpaired) electrons. The molecule has 1 aliphatic rings. The Morgan fingerprint density at radius 1 is 1.32 bits per heavy atom. The molecule has 0 aliphatic carbocycles. The van der Waals surface area contributed by atoms with Gasteiger partial charge in [-0.2, -0.15) is 0 Å². The van der Waals surface area contributed by atoms with Gasteiger partial charge in [0.05, 0.1) is 31.6 Å². The van der Waals surface area contributed by atoms with Crippen molar-refractivity contribution in [3.05, 3.63) is 36.3 Å². The van der Waals surface area contributed by atoms with Crippen molar-refractivity contribution in [3.8, 4) is 11.4 Å². The summed E-state index contributed by atoms with van der Waals surface area (Å²) in [6.07, 6.45) is 3.69. The highest BCUT2D eigenvalue weighted by Crippen LogP contribution is 2.31. The Bertz CT molecular complexity index is 968. The number of morpholine rings is 1. The third-order valence-electron chi connectivity index (χ3n) is 5.27. The summed E-state index contributed by atoms with van der Waals surface area (Å²) < 4.78 is 11.1. The second kappa shape index (κ2) is 7.48. The molecule has 3 aromatic rings. The number of nitrogens with one attached hydrogen (secondary N) is 1. The molecule has 0 amide bonds. The van der Waals surface area contributed by atoms with Crippen LogP contribution in [-0.2, 0) is 14.9 Å². The van der Waals surface area contributed by atoms with Crippen LogP contribution in [0.4, 0.5) is 5.82 Å². The molecule has 1 atom stereocenters. The highest BCUT2D eigenvalue weighted by molar-refractivity contribution is 5.91. The SMILES string of the molecule is COCC(C)(C)c1cc(N2CCOC[C@H]2C)nc(-c2ccnc3[nH]ccc23)n1. The van der Waals surface area contributed by atoms with Gasteiger partial charge >= 0.3 is 0 Å². The topological polar surface area (TPSA) is 76.2 Å². The molecule has 0 spiro atoms. The van der Waals surface area contributed by atoms with Gasteiger partial charge in [0.1, 0.15) is 11.5 Å². The van der Waals surface area contributed by atoms with Crippen molar-refractivity contribution in [3.63, 3.8) is 0 Å². The fourth-order valence-corrected chi connectivity index (χ4v) is 3.71. The number of rotatable bonds is 5. The maximum Gasteiger partial charge on any atom is 0.162 e. The predicted octanol–water partition coefficient (Wildman–Crippen LogP) is 3.17. The molecule has 7 heteroatoms. The number of ether oxygens (including phenoxy) is 2. The molecule has 1 N–H and O–H groups in total. The van der Waals surface area contributed by atoms with E-state index in [1.165, 1.54) is 0 Å². The minimum absolute atomic E-state index is 0.235. The lowest BCUT2D eigenvalue weighted by molar-refractivity contribution is 0.0984. The molecule has 148 valence electrons. The Kier molecular flexibility index (Phi) is 5.03. The van der Waals surface area contributed by atoms with Crippen molar-refractivity contribution in [2.24, 2.45) is 0 Å². The molecule has 28 heavy (non-hydrogen) atoms. The standard InChI is InChI=1S/C21H27N5O2/c1-14-12-28-10-9-26(14)18-11-17(21(2,3)13-27-4)24-20(25-18)16-6-8-23-19-15(16)5-7-22-19/h5-8,11,14H,9-10,12-13H2,1-4H3,(H,22,23)/t14-/m1/s1. The number of H-pyrrole nitrogens is 1. The van der Waals surface area contributed by atoms with Crippen molar-refractivity contribution >= 4 is 16.9 Å². The first-order chi connectivity index (χ1) is 13.5. The first-order valence-electron chi connectivity index (χ1n) is 9.65. The summed E-state index contributed by atoms with van der Waals surface area (Å²) in [5, 5.41) is 1.02. The van der Waals surface area contributed by atoms with Crippen LogP contribution in [0.1, 0.15) is 26.5 Å². The number of aromatic nitrogens is 4. The number of methoxy groups -OCH3 is 1. The van der Waals surface area contributed by atoms with Crippen molar-refractivity contribution in [1.82, 2.24) is 19.9 Å². The quantitative estimate of drug-likeness (QED) is 0.732. The summed E-state index contributed by atoms with van der Waals surface area (Å²) in [5.74, 6) is 1.64. The van der Waals surface area contributed by atoms with E-state index in [0.29, 0.717) is 25.6 Å². The lowest BCUT2D eigenvalue weighted by atomic mass is 9.89. The third kappa shape index (κ3) is 3.47. The number of nitrogens with zero attached hydrogens (tertiary/aromatic N) is 4. The van der Waals surface area contributed by atoms with Crippen LogP contribution in [0, 0.1) is 0 Å². The van der Waals surface area contributed by atoms with E-state index in [1.807, 2.05) is 18.3 Å². The first kappa shape index (κ1) is 18.8. The molecule has 4 heterocycles. The van der Waals surface area contributed by atoms with Gasteiger partial charge in [0.15, 0.2) is 5.82 Å². The van der Waals surface area contributed by atoms with E-state index in [1.54, 1.807) is 13.3 Å². The van der Waals surface area contributed by atoms with Gasteiger partial charge in [-0.1, -0.05) is 13.8 Å². The first-order valence-corrected chi connectivity index (χ1v) is 9.65. The van der Waals surface area contributed by atoms with Crippen molar-refractivity contribution in [2.45, 2.75) is 32.2 Å². The highest BCUT2D eigenvalue weighted by Gasteiger charge is 2.28. The Labute approximate surface area is 165 Å². The van der Waals surface area contributed by atoms with Crippen molar-refractivity contribution in [1.29, 1.82) is 0 Å². The summed E-state index contributed by atoms with van der Waals surface area (Å²) >= 11 is 0. The van der Waals surface area contributed by atoms with Gasteiger partial charge in [-0.15, -0.1) is 0 Å². The van der Waals surface area contributed by atoms with E-state index < -0.39 is 0 Å². The number of pyridine rings is 1. The lowest BCUT2D eigenvalue weighted by Gasteiger charge is -2.35. The van der Waals surface area contributed by atoms with Gasteiger partial charge in [0, 0.05) is 48.5 Å². The van der Waals surface area contributed by atoms with Crippen LogP contribution >= 0.6 is 0 Å². The van der Waals surface area contributed by atoms with E-state index in [-0.39, 0.29) is 11.5 Å². The summed E-state index contributed by atoms with van der Waals surface area (Å²) in [7, 11) is 1.72. The molecular weight excluding hydrogens is 354 g/mol. The molecule has 4 rings (SSSR count).